The van der Waals surface area contributed by atoms with E-state index in [4.69, 9.17) is 18.9 Å². The molecule has 2 aromatic rings. The van der Waals surface area contributed by atoms with Crippen LogP contribution in [0, 0.1) is 15.9 Å². The Hall–Kier alpha value is -3.89. The van der Waals surface area contributed by atoms with E-state index in [-0.39, 0.29) is 12.1 Å². The maximum absolute atomic E-state index is 13.3. The van der Waals surface area contributed by atoms with Gasteiger partial charge in [0.1, 0.15) is 0 Å². The molecule has 0 saturated carbocycles. The summed E-state index contributed by atoms with van der Waals surface area (Å²) in [4.78, 5) is 33.7. The maximum Gasteiger partial charge on any atom is 0.306 e. The Kier molecular flexibility index (Phi) is 8.12. The molecular formula is C20H21FN2O8. The van der Waals surface area contributed by atoms with Crippen LogP contribution in [0.5, 0.6) is 17.2 Å². The topological polar surface area (TPSA) is 126 Å². The van der Waals surface area contributed by atoms with Crippen LogP contribution in [0.1, 0.15) is 12.0 Å². The number of nitrogens with zero attached hydrogens (tertiary/aromatic N) is 1. The van der Waals surface area contributed by atoms with Gasteiger partial charge in [-0.15, -0.1) is 0 Å². The molecule has 10 nitrogen and oxygen atoms in total. The summed E-state index contributed by atoms with van der Waals surface area (Å²) >= 11 is 0. The van der Waals surface area contributed by atoms with Gasteiger partial charge in [0, 0.05) is 18.2 Å². The third kappa shape index (κ3) is 6.29. The molecule has 0 aliphatic carbocycles. The van der Waals surface area contributed by atoms with E-state index in [1.54, 1.807) is 12.1 Å². The molecular weight excluding hydrogens is 415 g/mol. The highest BCUT2D eigenvalue weighted by Gasteiger charge is 2.17. The number of carbonyl (C=O) groups excluding carboxylic acids is 2. The summed E-state index contributed by atoms with van der Waals surface area (Å²) in [5.41, 5.74) is -0.0405. The summed E-state index contributed by atoms with van der Waals surface area (Å²) in [6, 6.07) is 6.29. The van der Waals surface area contributed by atoms with Crippen molar-refractivity contribution in [3.8, 4) is 17.2 Å². The Labute approximate surface area is 177 Å². The van der Waals surface area contributed by atoms with E-state index in [9.17, 15) is 24.1 Å². The van der Waals surface area contributed by atoms with Crippen LogP contribution < -0.4 is 19.5 Å². The van der Waals surface area contributed by atoms with E-state index in [1.807, 2.05) is 0 Å². The minimum Gasteiger partial charge on any atom is -0.493 e. The van der Waals surface area contributed by atoms with E-state index >= 15 is 0 Å². The number of hydrogen-bond donors (Lipinski definition) is 1. The minimum atomic E-state index is -1.03. The molecule has 1 amide bonds. The zero-order valence-electron chi connectivity index (χ0n) is 17.1. The number of ether oxygens (including phenoxy) is 4. The van der Waals surface area contributed by atoms with Gasteiger partial charge in [-0.3, -0.25) is 19.7 Å². The minimum absolute atomic E-state index is 0.00609. The number of nitrogens with one attached hydrogen (secondary N) is 1. The summed E-state index contributed by atoms with van der Waals surface area (Å²) in [6.45, 7) is -0.598. The third-order valence-electron chi connectivity index (χ3n) is 4.13. The molecule has 0 fully saturated rings. The van der Waals surface area contributed by atoms with Crippen LogP contribution in [0.25, 0.3) is 0 Å². The van der Waals surface area contributed by atoms with Crippen molar-refractivity contribution in [3.05, 3.63) is 51.8 Å². The molecule has 2 rings (SSSR count). The molecule has 2 aromatic carbocycles. The average Bonchev–Trinajstić information content (AvgIpc) is 2.76. The Bertz CT molecular complexity index is 955. The maximum atomic E-state index is 13.3. The van der Waals surface area contributed by atoms with Gasteiger partial charge in [-0.2, -0.15) is 4.39 Å². The van der Waals surface area contributed by atoms with Crippen molar-refractivity contribution < 1.29 is 37.9 Å². The van der Waals surface area contributed by atoms with E-state index in [0.717, 1.165) is 23.8 Å². The Balaban J connectivity index is 1.89. The fourth-order valence-corrected chi connectivity index (χ4v) is 2.67. The number of esters is 1. The molecule has 0 aliphatic rings. The summed E-state index contributed by atoms with van der Waals surface area (Å²) < 4.78 is 34.0. The van der Waals surface area contributed by atoms with Crippen LogP contribution >= 0.6 is 0 Å². The number of methoxy groups -OCH3 is 3. The number of carbonyl (C=O) groups is 2. The zero-order valence-corrected chi connectivity index (χ0v) is 17.1. The molecule has 0 saturated heterocycles. The molecule has 0 bridgehead atoms. The first-order valence-electron chi connectivity index (χ1n) is 8.97. The summed E-state index contributed by atoms with van der Waals surface area (Å²) in [5, 5.41) is 13.0. The molecule has 11 heteroatoms. The van der Waals surface area contributed by atoms with Crippen LogP contribution in [-0.2, 0) is 20.7 Å². The van der Waals surface area contributed by atoms with Crippen molar-refractivity contribution >= 4 is 23.3 Å². The molecule has 0 heterocycles. The van der Waals surface area contributed by atoms with Crippen LogP contribution in [0.4, 0.5) is 15.8 Å². The Morgan fingerprint density at radius 3 is 2.26 bits per heavy atom. The van der Waals surface area contributed by atoms with Gasteiger partial charge in [0.15, 0.2) is 18.1 Å². The summed E-state index contributed by atoms with van der Waals surface area (Å²) in [5.74, 6) is -1.07. The van der Waals surface area contributed by atoms with Gasteiger partial charge in [-0.1, -0.05) is 0 Å². The monoisotopic (exact) mass is 436 g/mol. The Morgan fingerprint density at radius 1 is 1.06 bits per heavy atom. The number of aryl methyl sites for hydroxylation is 1. The van der Waals surface area contributed by atoms with Gasteiger partial charge < -0.3 is 24.3 Å². The lowest BCUT2D eigenvalue weighted by Gasteiger charge is -2.14. The quantitative estimate of drug-likeness (QED) is 0.342. The largest absolute Gasteiger partial charge is 0.493 e. The number of nitro groups is 1. The first kappa shape index (κ1) is 23.4. The number of nitro benzene ring substituents is 1. The summed E-state index contributed by atoms with van der Waals surface area (Å²) in [6.07, 6.45) is 0.273. The summed E-state index contributed by atoms with van der Waals surface area (Å²) in [7, 11) is 4.43. The van der Waals surface area contributed by atoms with Gasteiger partial charge >= 0.3 is 11.7 Å². The number of halogens is 1. The fraction of sp³-hybridized carbons (Fsp3) is 0.300. The second-order valence-corrected chi connectivity index (χ2v) is 6.17. The second-order valence-electron chi connectivity index (χ2n) is 6.17. The van der Waals surface area contributed by atoms with Crippen molar-refractivity contribution in [2.24, 2.45) is 0 Å². The fourth-order valence-electron chi connectivity index (χ4n) is 2.67. The highest BCUT2D eigenvalue weighted by molar-refractivity contribution is 5.93. The molecule has 31 heavy (non-hydrogen) atoms. The third-order valence-corrected chi connectivity index (χ3v) is 4.13. The molecule has 0 aliphatic heterocycles. The molecule has 0 unspecified atom stereocenters. The van der Waals surface area contributed by atoms with Crippen molar-refractivity contribution in [2.45, 2.75) is 12.8 Å². The number of rotatable bonds is 10. The second kappa shape index (κ2) is 10.8. The zero-order chi connectivity index (χ0) is 23.0. The van der Waals surface area contributed by atoms with Crippen LogP contribution in [0.2, 0.25) is 0 Å². The molecule has 0 aromatic heterocycles. The van der Waals surface area contributed by atoms with Gasteiger partial charge in [0.2, 0.25) is 11.6 Å². The molecule has 1 N–H and O–H groups in total. The smallest absolute Gasteiger partial charge is 0.306 e. The molecule has 166 valence electrons. The van der Waals surface area contributed by atoms with Crippen molar-refractivity contribution in [3.63, 3.8) is 0 Å². The molecule has 0 radical (unpaired) electrons. The predicted molar refractivity (Wildman–Crippen MR) is 107 cm³/mol. The SMILES string of the molecule is COc1cc(CCC(=O)OCC(=O)Nc2ccc(F)c([N+](=O)[O-])c2)cc(OC)c1OC. The van der Waals surface area contributed by atoms with Crippen molar-refractivity contribution in [2.75, 3.05) is 33.3 Å². The van der Waals surface area contributed by atoms with Crippen molar-refractivity contribution in [1.82, 2.24) is 0 Å². The average molecular weight is 436 g/mol. The van der Waals surface area contributed by atoms with Gasteiger partial charge in [0.25, 0.3) is 5.91 Å². The lowest BCUT2D eigenvalue weighted by molar-refractivity contribution is -0.387. The predicted octanol–water partition coefficient (Wildman–Crippen LogP) is 2.87. The number of anilines is 1. The molecule has 0 atom stereocenters. The van der Waals surface area contributed by atoms with Crippen LogP contribution in [0.15, 0.2) is 30.3 Å². The standard InChI is InChI=1S/C20H21FN2O8/c1-28-16-8-12(9-17(29-2)20(16)30-3)4-7-19(25)31-11-18(24)22-13-5-6-14(21)15(10-13)23(26)27/h5-6,8-10H,4,7,11H2,1-3H3,(H,22,24). The van der Waals surface area contributed by atoms with Crippen molar-refractivity contribution in [1.29, 1.82) is 0 Å². The van der Waals surface area contributed by atoms with Gasteiger partial charge in [-0.05, 0) is 36.2 Å². The van der Waals surface area contributed by atoms with E-state index < -0.39 is 34.9 Å². The number of amides is 1. The lowest BCUT2D eigenvalue weighted by atomic mass is 10.1. The number of hydrogen-bond acceptors (Lipinski definition) is 8. The first-order valence-corrected chi connectivity index (χ1v) is 8.97. The van der Waals surface area contributed by atoms with Crippen LogP contribution in [0.3, 0.4) is 0 Å². The number of benzene rings is 2. The normalized spacial score (nSPS) is 10.2. The lowest BCUT2D eigenvalue weighted by Crippen LogP contribution is -2.21. The highest BCUT2D eigenvalue weighted by atomic mass is 19.1. The van der Waals surface area contributed by atoms with E-state index in [0.29, 0.717) is 23.7 Å². The van der Waals surface area contributed by atoms with Crippen LogP contribution in [-0.4, -0.2) is 44.7 Å². The highest BCUT2D eigenvalue weighted by Crippen LogP contribution is 2.38. The van der Waals surface area contributed by atoms with Gasteiger partial charge in [-0.25, -0.2) is 0 Å². The van der Waals surface area contributed by atoms with E-state index in [1.165, 1.54) is 21.3 Å². The first-order chi connectivity index (χ1) is 14.8. The van der Waals surface area contributed by atoms with E-state index in [2.05, 4.69) is 5.32 Å². The Morgan fingerprint density at radius 2 is 1.71 bits per heavy atom. The molecule has 0 spiro atoms. The van der Waals surface area contributed by atoms with Gasteiger partial charge in [0.05, 0.1) is 26.3 Å².